The molecule has 1 atom stereocenters. The third kappa shape index (κ3) is 4.92. The summed E-state index contributed by atoms with van der Waals surface area (Å²) in [4.78, 5) is 24.6. The number of carbonyl (C=O) groups is 2. The molecule has 1 N–H and O–H groups in total. The molecule has 6 rings (SSSR count). The van der Waals surface area contributed by atoms with Crippen LogP contribution in [0.3, 0.4) is 0 Å². The summed E-state index contributed by atoms with van der Waals surface area (Å²) < 4.78 is 10.7. The van der Waals surface area contributed by atoms with Gasteiger partial charge in [0.1, 0.15) is 5.75 Å². The Kier molecular flexibility index (Phi) is 6.40. The van der Waals surface area contributed by atoms with Gasteiger partial charge in [-0.2, -0.15) is 0 Å². The molecule has 1 amide bonds. The lowest BCUT2D eigenvalue weighted by atomic mass is 9.48. The molecular weight excluding hydrogens is 462 g/mol. The van der Waals surface area contributed by atoms with E-state index >= 15 is 0 Å². The summed E-state index contributed by atoms with van der Waals surface area (Å²) >= 11 is 7.21. The Balaban J connectivity index is 1.07. The zero-order valence-corrected chi connectivity index (χ0v) is 20.2. The van der Waals surface area contributed by atoms with Gasteiger partial charge in [-0.25, -0.2) is 0 Å². The van der Waals surface area contributed by atoms with Crippen LogP contribution in [-0.4, -0.2) is 40.5 Å². The fourth-order valence-electron chi connectivity index (χ4n) is 6.46. The van der Waals surface area contributed by atoms with E-state index in [0.29, 0.717) is 10.6 Å². The molecule has 2 aromatic rings. The Hall–Kier alpha value is -2.06. The van der Waals surface area contributed by atoms with E-state index in [4.69, 9.17) is 20.8 Å². The lowest BCUT2D eigenvalue weighted by molar-refractivity contribution is -0.147. The number of thioether (sulfide) groups is 1. The van der Waals surface area contributed by atoms with Gasteiger partial charge in [-0.1, -0.05) is 35.5 Å². The molecule has 0 radical (unpaired) electrons. The molecule has 9 heteroatoms. The second-order valence-corrected chi connectivity index (χ2v) is 11.2. The molecular formula is C24H28ClN3O4S. The largest absolute Gasteiger partial charge is 0.455 e. The summed E-state index contributed by atoms with van der Waals surface area (Å²) in [5.74, 6) is 2.00. The lowest BCUT2D eigenvalue weighted by Crippen LogP contribution is -2.56. The van der Waals surface area contributed by atoms with Crippen molar-refractivity contribution in [3.63, 3.8) is 0 Å². The van der Waals surface area contributed by atoms with Crippen LogP contribution in [-0.2, 0) is 14.3 Å². The third-order valence-electron chi connectivity index (χ3n) is 7.57. The molecule has 4 bridgehead atoms. The molecule has 7 nitrogen and oxygen atoms in total. The van der Waals surface area contributed by atoms with Crippen LogP contribution in [0, 0.1) is 23.2 Å². The average Bonchev–Trinajstić information content (AvgIpc) is 3.24. The molecule has 0 spiro atoms. The number of esters is 1. The molecule has 4 saturated carbocycles. The number of benzene rings is 1. The summed E-state index contributed by atoms with van der Waals surface area (Å²) in [5.41, 5.74) is 0.854. The zero-order valence-electron chi connectivity index (χ0n) is 18.6. The second kappa shape index (κ2) is 9.29. The van der Waals surface area contributed by atoms with E-state index in [1.165, 1.54) is 38.5 Å². The lowest BCUT2D eigenvalue weighted by Gasteiger charge is -2.59. The van der Waals surface area contributed by atoms with Crippen molar-refractivity contribution in [2.45, 2.75) is 56.7 Å². The van der Waals surface area contributed by atoms with E-state index < -0.39 is 5.97 Å². The molecule has 1 heterocycles. The monoisotopic (exact) mass is 489 g/mol. The number of amides is 1. The number of halogens is 1. The van der Waals surface area contributed by atoms with Crippen LogP contribution in [0.1, 0.15) is 45.4 Å². The zero-order chi connectivity index (χ0) is 23.0. The summed E-state index contributed by atoms with van der Waals surface area (Å²) in [7, 11) is 0. The summed E-state index contributed by atoms with van der Waals surface area (Å²) in [6.07, 6.45) is 7.77. The second-order valence-electron chi connectivity index (χ2n) is 9.87. The molecule has 0 aliphatic heterocycles. The van der Waals surface area contributed by atoms with Crippen LogP contribution in [0.25, 0.3) is 11.5 Å². The molecule has 4 aliphatic rings. The molecule has 4 fully saturated rings. The number of nitrogens with one attached hydrogen (secondary N) is 1. The maximum atomic E-state index is 12.5. The molecule has 33 heavy (non-hydrogen) atoms. The van der Waals surface area contributed by atoms with E-state index in [-0.39, 0.29) is 40.8 Å². The number of rotatable bonds is 8. The number of carbonyl (C=O) groups excluding carboxylic acids is 2. The Morgan fingerprint density at radius 2 is 1.85 bits per heavy atom. The van der Waals surface area contributed by atoms with Crippen molar-refractivity contribution in [1.29, 1.82) is 0 Å². The van der Waals surface area contributed by atoms with Gasteiger partial charge in [-0.3, -0.25) is 9.59 Å². The average molecular weight is 490 g/mol. The van der Waals surface area contributed by atoms with Crippen molar-refractivity contribution in [3.05, 3.63) is 29.3 Å². The van der Waals surface area contributed by atoms with Gasteiger partial charge in [-0.05, 0) is 80.8 Å². The Morgan fingerprint density at radius 3 is 2.52 bits per heavy atom. The Morgan fingerprint density at radius 1 is 1.18 bits per heavy atom. The fraction of sp³-hybridized carbons (Fsp3) is 0.583. The number of ether oxygens (including phenoxy) is 1. The number of hydrogen-bond acceptors (Lipinski definition) is 7. The highest BCUT2D eigenvalue weighted by molar-refractivity contribution is 7.99. The van der Waals surface area contributed by atoms with Crippen LogP contribution in [0.4, 0.5) is 0 Å². The van der Waals surface area contributed by atoms with Crippen LogP contribution in [0.2, 0.25) is 5.02 Å². The fourth-order valence-corrected chi connectivity index (χ4v) is 7.24. The Labute approximate surface area is 202 Å². The van der Waals surface area contributed by atoms with Gasteiger partial charge in [0.05, 0.1) is 10.6 Å². The molecule has 0 unspecified atom stereocenters. The predicted molar refractivity (Wildman–Crippen MR) is 125 cm³/mol. The standard InChI is InChI=1S/C24H28ClN3O4S/c1-14(24-9-15-6-16(10-24)8-17(7-15)11-24)26-20(29)12-31-21(30)13-33-23-28-27-22(32-23)18-4-2-3-5-19(18)25/h2-5,14-17H,6-13H2,1H3,(H,26,29)/t14-,15?,16?,17?,24?/m0/s1. The molecule has 176 valence electrons. The van der Waals surface area contributed by atoms with Gasteiger partial charge in [-0.15, -0.1) is 10.2 Å². The highest BCUT2D eigenvalue weighted by Crippen LogP contribution is 2.61. The van der Waals surface area contributed by atoms with E-state index in [1.807, 2.05) is 12.1 Å². The van der Waals surface area contributed by atoms with E-state index in [1.54, 1.807) is 12.1 Å². The van der Waals surface area contributed by atoms with Gasteiger partial charge in [0.25, 0.3) is 11.1 Å². The highest BCUT2D eigenvalue weighted by atomic mass is 35.5. The first-order chi connectivity index (χ1) is 15.9. The topological polar surface area (TPSA) is 94.3 Å². The van der Waals surface area contributed by atoms with Gasteiger partial charge in [0.2, 0.25) is 5.89 Å². The summed E-state index contributed by atoms with van der Waals surface area (Å²) in [6.45, 7) is 1.85. The minimum atomic E-state index is -0.505. The summed E-state index contributed by atoms with van der Waals surface area (Å²) in [5, 5.41) is 11.8. The predicted octanol–water partition coefficient (Wildman–Crippen LogP) is 4.75. The van der Waals surface area contributed by atoms with Crippen molar-refractivity contribution in [3.8, 4) is 11.5 Å². The van der Waals surface area contributed by atoms with Crippen molar-refractivity contribution in [1.82, 2.24) is 15.5 Å². The third-order valence-corrected chi connectivity index (χ3v) is 8.69. The van der Waals surface area contributed by atoms with Crippen molar-refractivity contribution >= 4 is 35.2 Å². The molecule has 1 aromatic carbocycles. The Bertz CT molecular complexity index is 1010. The minimum absolute atomic E-state index is 0.0258. The SMILES string of the molecule is C[C@H](NC(=O)COC(=O)CSc1nnc(-c2ccccc2Cl)o1)C12CC3CC(CC(C3)C1)C2. The smallest absolute Gasteiger partial charge is 0.316 e. The van der Waals surface area contributed by atoms with Crippen molar-refractivity contribution in [2.75, 3.05) is 12.4 Å². The first kappa shape index (κ1) is 22.7. The highest BCUT2D eigenvalue weighted by Gasteiger charge is 2.53. The van der Waals surface area contributed by atoms with Crippen LogP contribution in [0.5, 0.6) is 0 Å². The molecule has 1 aromatic heterocycles. The minimum Gasteiger partial charge on any atom is -0.455 e. The first-order valence-electron chi connectivity index (χ1n) is 11.6. The van der Waals surface area contributed by atoms with Crippen LogP contribution in [0.15, 0.2) is 33.9 Å². The maximum absolute atomic E-state index is 12.5. The summed E-state index contributed by atoms with van der Waals surface area (Å²) in [6, 6.07) is 7.26. The molecule has 0 saturated heterocycles. The number of hydrogen-bond donors (Lipinski definition) is 1. The van der Waals surface area contributed by atoms with Gasteiger partial charge < -0.3 is 14.5 Å². The number of aromatic nitrogens is 2. The van der Waals surface area contributed by atoms with E-state index in [9.17, 15) is 9.59 Å². The van der Waals surface area contributed by atoms with Crippen molar-refractivity contribution < 1.29 is 18.7 Å². The first-order valence-corrected chi connectivity index (χ1v) is 12.9. The van der Waals surface area contributed by atoms with Gasteiger partial charge >= 0.3 is 5.97 Å². The quantitative estimate of drug-likeness (QED) is 0.422. The van der Waals surface area contributed by atoms with Crippen LogP contribution >= 0.6 is 23.4 Å². The number of nitrogens with zero attached hydrogens (tertiary/aromatic N) is 2. The van der Waals surface area contributed by atoms with Crippen molar-refractivity contribution in [2.24, 2.45) is 23.2 Å². The molecule has 4 aliphatic carbocycles. The van der Waals surface area contributed by atoms with Gasteiger partial charge in [0, 0.05) is 6.04 Å². The maximum Gasteiger partial charge on any atom is 0.316 e. The normalized spacial score (nSPS) is 28.5. The van der Waals surface area contributed by atoms with Crippen LogP contribution < -0.4 is 5.32 Å². The van der Waals surface area contributed by atoms with E-state index in [2.05, 4.69) is 22.4 Å². The van der Waals surface area contributed by atoms with Gasteiger partial charge in [0.15, 0.2) is 6.61 Å². The van der Waals surface area contributed by atoms with E-state index in [0.717, 1.165) is 29.5 Å².